The molecule has 1 saturated heterocycles. The molecule has 1 aliphatic rings. The molecule has 1 fully saturated rings. The number of hydrogen-bond acceptors (Lipinski definition) is 4. The number of halogens is 1. The maximum absolute atomic E-state index is 9.00. The minimum atomic E-state index is 0.603. The number of anilines is 1. The highest BCUT2D eigenvalue weighted by Crippen LogP contribution is 2.21. The van der Waals surface area contributed by atoms with E-state index in [0.717, 1.165) is 23.4 Å². The number of pyridine rings is 1. The molecule has 0 spiro atoms. The smallest absolute Gasteiger partial charge is 0.146 e. The first-order chi connectivity index (χ1) is 8.31. The zero-order valence-electron chi connectivity index (χ0n) is 10.1. The third-order valence-electron chi connectivity index (χ3n) is 2.26. The van der Waals surface area contributed by atoms with Crippen LogP contribution < -0.4 is 4.90 Å². The molecule has 2 heterocycles. The van der Waals surface area contributed by atoms with Crippen LogP contribution in [0.5, 0.6) is 0 Å². The van der Waals surface area contributed by atoms with E-state index in [4.69, 9.17) is 10.00 Å². The van der Waals surface area contributed by atoms with E-state index in [1.165, 1.54) is 0 Å². The molecule has 1 aromatic heterocycles. The first-order valence-electron chi connectivity index (χ1n) is 5.69. The minimum Gasteiger partial charge on any atom is -0.378 e. The largest absolute Gasteiger partial charge is 0.378 e. The van der Waals surface area contributed by atoms with Crippen molar-refractivity contribution in [2.24, 2.45) is 0 Å². The van der Waals surface area contributed by atoms with Gasteiger partial charge in [0.1, 0.15) is 11.9 Å². The van der Waals surface area contributed by atoms with Crippen LogP contribution in [0.4, 0.5) is 5.82 Å². The number of rotatable bonds is 1. The number of nitrogens with zero attached hydrogens (tertiary/aromatic N) is 3. The molecule has 0 saturated carbocycles. The van der Waals surface area contributed by atoms with E-state index < -0.39 is 0 Å². The Morgan fingerprint density at radius 1 is 1.41 bits per heavy atom. The summed E-state index contributed by atoms with van der Waals surface area (Å²) in [4.78, 5) is 6.35. The van der Waals surface area contributed by atoms with Gasteiger partial charge in [-0.15, -0.1) is 0 Å². The van der Waals surface area contributed by atoms with Crippen molar-refractivity contribution in [3.63, 3.8) is 0 Å². The van der Waals surface area contributed by atoms with Crippen molar-refractivity contribution >= 4 is 21.7 Å². The maximum atomic E-state index is 9.00. The topological polar surface area (TPSA) is 49.2 Å². The fourth-order valence-corrected chi connectivity index (χ4v) is 1.87. The van der Waals surface area contributed by atoms with Crippen LogP contribution in [0.2, 0.25) is 0 Å². The van der Waals surface area contributed by atoms with Crippen LogP contribution in [0.1, 0.15) is 19.4 Å². The van der Waals surface area contributed by atoms with Gasteiger partial charge in [0.15, 0.2) is 0 Å². The summed E-state index contributed by atoms with van der Waals surface area (Å²) in [6, 6.07) is 3.95. The summed E-state index contributed by atoms with van der Waals surface area (Å²) >= 11 is 3.30. The van der Waals surface area contributed by atoms with E-state index in [1.807, 2.05) is 13.8 Å². The Labute approximate surface area is 110 Å². The van der Waals surface area contributed by atoms with Crippen LogP contribution in [0, 0.1) is 11.3 Å². The number of hydrogen-bond donors (Lipinski definition) is 0. The van der Waals surface area contributed by atoms with E-state index in [-0.39, 0.29) is 0 Å². The van der Waals surface area contributed by atoms with Gasteiger partial charge >= 0.3 is 0 Å². The molecule has 0 atom stereocenters. The molecule has 5 heteroatoms. The lowest BCUT2D eigenvalue weighted by molar-refractivity contribution is 0.122. The Balaban J connectivity index is 0.000000686. The summed E-state index contributed by atoms with van der Waals surface area (Å²) in [5, 5.41) is 9.00. The lowest BCUT2D eigenvalue weighted by Crippen LogP contribution is -2.37. The Kier molecular flexibility index (Phi) is 5.95. The molecule has 2 rings (SSSR count). The van der Waals surface area contributed by atoms with Crippen LogP contribution in [0.3, 0.4) is 0 Å². The normalized spacial score (nSPS) is 14.6. The summed E-state index contributed by atoms with van der Waals surface area (Å²) in [5.74, 6) is 0.754. The van der Waals surface area contributed by atoms with E-state index in [9.17, 15) is 0 Å². The second kappa shape index (κ2) is 7.25. The first-order valence-corrected chi connectivity index (χ1v) is 6.49. The fraction of sp³-hybridized carbons (Fsp3) is 0.500. The zero-order chi connectivity index (χ0) is 12.7. The summed E-state index contributed by atoms with van der Waals surface area (Å²) in [5.41, 5.74) is 0.603. The lowest BCUT2D eigenvalue weighted by Gasteiger charge is -2.28. The predicted molar refractivity (Wildman–Crippen MR) is 71.0 cm³/mol. The van der Waals surface area contributed by atoms with Gasteiger partial charge in [0.2, 0.25) is 0 Å². The van der Waals surface area contributed by atoms with Crippen molar-refractivity contribution in [2.75, 3.05) is 31.2 Å². The van der Waals surface area contributed by atoms with E-state index in [1.54, 1.807) is 12.3 Å². The number of ether oxygens (including phenoxy) is 1. The van der Waals surface area contributed by atoms with Gasteiger partial charge in [-0.05, 0) is 22.0 Å². The monoisotopic (exact) mass is 297 g/mol. The van der Waals surface area contributed by atoms with Crippen LogP contribution in [-0.2, 0) is 4.74 Å². The minimum absolute atomic E-state index is 0.603. The summed E-state index contributed by atoms with van der Waals surface area (Å²) < 4.78 is 6.09. The van der Waals surface area contributed by atoms with Gasteiger partial charge in [0.25, 0.3) is 0 Å². The van der Waals surface area contributed by atoms with Crippen molar-refractivity contribution in [2.45, 2.75) is 13.8 Å². The molecule has 4 nitrogen and oxygen atoms in total. The van der Waals surface area contributed by atoms with E-state index in [0.29, 0.717) is 18.8 Å². The molecule has 0 N–H and O–H groups in total. The molecule has 0 radical (unpaired) electrons. The average Bonchev–Trinajstić information content (AvgIpc) is 2.42. The van der Waals surface area contributed by atoms with Crippen molar-refractivity contribution < 1.29 is 4.74 Å². The van der Waals surface area contributed by atoms with Crippen molar-refractivity contribution in [1.29, 1.82) is 5.26 Å². The highest BCUT2D eigenvalue weighted by Gasteiger charge is 2.16. The Hall–Kier alpha value is -1.12. The van der Waals surface area contributed by atoms with Crippen LogP contribution in [0.25, 0.3) is 0 Å². The van der Waals surface area contributed by atoms with Gasteiger partial charge in [-0.3, -0.25) is 0 Å². The van der Waals surface area contributed by atoms with Crippen molar-refractivity contribution in [1.82, 2.24) is 4.98 Å². The molecule has 92 valence electrons. The van der Waals surface area contributed by atoms with Crippen LogP contribution in [0.15, 0.2) is 16.7 Å². The molecule has 0 bridgehead atoms. The molecule has 0 aromatic carbocycles. The average molecular weight is 298 g/mol. The van der Waals surface area contributed by atoms with Gasteiger partial charge in [-0.2, -0.15) is 5.26 Å². The highest BCUT2D eigenvalue weighted by molar-refractivity contribution is 9.10. The van der Waals surface area contributed by atoms with Crippen molar-refractivity contribution in [3.8, 4) is 6.07 Å². The van der Waals surface area contributed by atoms with Crippen molar-refractivity contribution in [3.05, 3.63) is 22.3 Å². The Morgan fingerprint density at radius 3 is 2.65 bits per heavy atom. The third-order valence-corrected chi connectivity index (χ3v) is 2.70. The zero-order valence-corrected chi connectivity index (χ0v) is 11.7. The number of aromatic nitrogens is 1. The van der Waals surface area contributed by atoms with Gasteiger partial charge in [-0.25, -0.2) is 4.98 Å². The molecule has 17 heavy (non-hydrogen) atoms. The SMILES string of the molecule is CC.N#Cc1cc(Br)cnc1N1CCOCC1. The summed E-state index contributed by atoms with van der Waals surface area (Å²) in [7, 11) is 0. The Bertz CT molecular complexity index is 397. The molecule has 0 unspecified atom stereocenters. The molecule has 0 amide bonds. The Morgan fingerprint density at radius 2 is 2.06 bits per heavy atom. The highest BCUT2D eigenvalue weighted by atomic mass is 79.9. The molecular formula is C12H16BrN3O. The summed E-state index contributed by atoms with van der Waals surface area (Å²) in [6.07, 6.45) is 1.71. The van der Waals surface area contributed by atoms with Gasteiger partial charge in [0.05, 0.1) is 18.8 Å². The molecule has 1 aromatic rings. The van der Waals surface area contributed by atoms with Crippen LogP contribution in [-0.4, -0.2) is 31.3 Å². The summed E-state index contributed by atoms with van der Waals surface area (Å²) in [6.45, 7) is 6.98. The molecule has 1 aliphatic heterocycles. The fourth-order valence-electron chi connectivity index (χ4n) is 1.54. The lowest BCUT2D eigenvalue weighted by atomic mass is 10.2. The number of nitriles is 1. The second-order valence-corrected chi connectivity index (χ2v) is 4.15. The van der Waals surface area contributed by atoms with Gasteiger partial charge < -0.3 is 9.64 Å². The molecule has 0 aliphatic carbocycles. The van der Waals surface area contributed by atoms with Gasteiger partial charge in [0, 0.05) is 23.8 Å². The quantitative estimate of drug-likeness (QED) is 0.799. The number of morpholine rings is 1. The third kappa shape index (κ3) is 3.69. The maximum Gasteiger partial charge on any atom is 0.146 e. The van der Waals surface area contributed by atoms with Crippen LogP contribution >= 0.6 is 15.9 Å². The van der Waals surface area contributed by atoms with E-state index in [2.05, 4.69) is 31.9 Å². The molecular weight excluding hydrogens is 282 g/mol. The first kappa shape index (κ1) is 13.9. The second-order valence-electron chi connectivity index (χ2n) is 3.24. The van der Waals surface area contributed by atoms with Gasteiger partial charge in [-0.1, -0.05) is 13.8 Å². The van der Waals surface area contributed by atoms with E-state index >= 15 is 0 Å². The standard InChI is InChI=1S/C10H10BrN3O.C2H6/c11-9-5-8(6-12)10(13-7-9)14-1-3-15-4-2-14;1-2/h5,7H,1-4H2;1-2H3. The predicted octanol–water partition coefficient (Wildman–Crippen LogP) is 2.58.